The number of nitrogens with zero attached hydrogens (tertiary/aromatic N) is 2. The minimum absolute atomic E-state index is 0.0112. The van der Waals surface area contributed by atoms with E-state index >= 15 is 0 Å². The molecule has 0 amide bonds. The molecule has 21 heavy (non-hydrogen) atoms. The van der Waals surface area contributed by atoms with Gasteiger partial charge in [-0.2, -0.15) is 4.31 Å². The van der Waals surface area contributed by atoms with Crippen LogP contribution < -0.4 is 0 Å². The van der Waals surface area contributed by atoms with Crippen LogP contribution in [0.1, 0.15) is 20.8 Å². The molecule has 0 aromatic carbocycles. The van der Waals surface area contributed by atoms with E-state index in [0.717, 1.165) is 10.5 Å². The zero-order chi connectivity index (χ0) is 16.2. The quantitative estimate of drug-likeness (QED) is 0.578. The normalized spacial score (nSPS) is 12.0. The highest BCUT2D eigenvalue weighted by atomic mass is 35.5. The molecule has 0 aliphatic heterocycles. The smallest absolute Gasteiger partial charge is 0.321 e. The molecule has 1 aromatic heterocycles. The number of rotatable bonds is 6. The lowest BCUT2D eigenvalue weighted by atomic mass is 10.4. The van der Waals surface area contributed by atoms with Crippen molar-refractivity contribution in [2.75, 3.05) is 13.2 Å². The van der Waals surface area contributed by atoms with Gasteiger partial charge in [0.1, 0.15) is 16.6 Å². The van der Waals surface area contributed by atoms with Gasteiger partial charge in [-0.25, -0.2) is 13.4 Å². The molecule has 0 atom stereocenters. The molecule has 0 aliphatic rings. The first-order chi connectivity index (χ1) is 9.70. The molecule has 0 unspecified atom stereocenters. The number of sulfonamides is 1. The second-order valence-electron chi connectivity index (χ2n) is 4.39. The minimum atomic E-state index is -3.93. The Bertz CT molecular complexity index is 620. The number of hydrogen-bond acceptors (Lipinski definition) is 5. The van der Waals surface area contributed by atoms with Gasteiger partial charge in [-0.1, -0.05) is 23.2 Å². The van der Waals surface area contributed by atoms with Crippen molar-refractivity contribution in [2.24, 2.45) is 0 Å². The van der Waals surface area contributed by atoms with Crippen molar-refractivity contribution in [3.8, 4) is 0 Å². The summed E-state index contributed by atoms with van der Waals surface area (Å²) in [5.74, 6) is -0.622. The highest BCUT2D eigenvalue weighted by molar-refractivity contribution is 7.89. The summed E-state index contributed by atoms with van der Waals surface area (Å²) in [7, 11) is -3.93. The van der Waals surface area contributed by atoms with Gasteiger partial charge in [0.05, 0.1) is 11.6 Å². The van der Waals surface area contributed by atoms with Crippen LogP contribution >= 0.6 is 23.2 Å². The van der Waals surface area contributed by atoms with E-state index in [1.807, 2.05) is 0 Å². The third kappa shape index (κ3) is 4.54. The van der Waals surface area contributed by atoms with Gasteiger partial charge in [0.2, 0.25) is 10.0 Å². The van der Waals surface area contributed by atoms with Gasteiger partial charge >= 0.3 is 5.97 Å². The minimum Gasteiger partial charge on any atom is -0.465 e. The van der Waals surface area contributed by atoms with Gasteiger partial charge in [0.15, 0.2) is 0 Å². The molecule has 0 radical (unpaired) electrons. The van der Waals surface area contributed by atoms with E-state index in [4.69, 9.17) is 27.9 Å². The first-order valence-corrected chi connectivity index (χ1v) is 8.38. The van der Waals surface area contributed by atoms with Crippen molar-refractivity contribution in [1.29, 1.82) is 0 Å². The standard InChI is InChI=1S/C12H16Cl2N2O4S/c1-4-20-11(17)7-16(8(2)3)21(18,19)9-5-10(13)12(14)15-6-9/h5-6,8H,4,7H2,1-3H3. The van der Waals surface area contributed by atoms with Crippen LogP contribution in [0.4, 0.5) is 0 Å². The molecule has 0 spiro atoms. The summed E-state index contributed by atoms with van der Waals surface area (Å²) < 4.78 is 30.9. The third-order valence-corrected chi connectivity index (χ3v) is 5.22. The second-order valence-corrected chi connectivity index (χ2v) is 7.05. The van der Waals surface area contributed by atoms with Crippen molar-refractivity contribution >= 4 is 39.2 Å². The van der Waals surface area contributed by atoms with Crippen LogP contribution in [-0.2, 0) is 19.6 Å². The molecule has 0 saturated carbocycles. The molecule has 1 rings (SSSR count). The fourth-order valence-electron chi connectivity index (χ4n) is 1.56. The van der Waals surface area contributed by atoms with E-state index in [2.05, 4.69) is 4.98 Å². The van der Waals surface area contributed by atoms with E-state index in [1.54, 1.807) is 20.8 Å². The Hall–Kier alpha value is -0.890. The van der Waals surface area contributed by atoms with Crippen LogP contribution in [0, 0.1) is 0 Å². The van der Waals surface area contributed by atoms with Gasteiger partial charge in [0.25, 0.3) is 0 Å². The number of ether oxygens (including phenoxy) is 1. The number of aromatic nitrogens is 1. The van der Waals surface area contributed by atoms with Crippen LogP contribution in [0.5, 0.6) is 0 Å². The maximum absolute atomic E-state index is 12.6. The largest absolute Gasteiger partial charge is 0.465 e. The number of halogens is 2. The molecule has 1 heterocycles. The summed E-state index contributed by atoms with van der Waals surface area (Å²) in [5.41, 5.74) is 0. The SMILES string of the molecule is CCOC(=O)CN(C(C)C)S(=O)(=O)c1cnc(Cl)c(Cl)c1. The van der Waals surface area contributed by atoms with Crippen LogP contribution in [0.3, 0.4) is 0 Å². The van der Waals surface area contributed by atoms with Gasteiger partial charge in [0, 0.05) is 12.2 Å². The zero-order valence-corrected chi connectivity index (χ0v) is 14.2. The Morgan fingerprint density at radius 2 is 2.05 bits per heavy atom. The Kier molecular flexibility index (Phi) is 6.40. The molecule has 0 bridgehead atoms. The molecule has 0 aliphatic carbocycles. The first kappa shape index (κ1) is 18.2. The van der Waals surface area contributed by atoms with Crippen molar-refractivity contribution < 1.29 is 17.9 Å². The van der Waals surface area contributed by atoms with Gasteiger partial charge in [-0.05, 0) is 26.8 Å². The summed E-state index contributed by atoms with van der Waals surface area (Å²) in [6.07, 6.45) is 1.10. The highest BCUT2D eigenvalue weighted by Crippen LogP contribution is 2.25. The number of carbonyl (C=O) groups excluding carboxylic acids is 1. The molecule has 0 fully saturated rings. The monoisotopic (exact) mass is 354 g/mol. The summed E-state index contributed by atoms with van der Waals surface area (Å²) in [5, 5.41) is 0.0367. The second kappa shape index (κ2) is 7.40. The maximum Gasteiger partial charge on any atom is 0.321 e. The van der Waals surface area contributed by atoms with Crippen LogP contribution in [-0.4, -0.2) is 42.9 Å². The van der Waals surface area contributed by atoms with Gasteiger partial charge < -0.3 is 4.74 Å². The van der Waals surface area contributed by atoms with Crippen LogP contribution in [0.15, 0.2) is 17.2 Å². The Labute approximate surface area is 134 Å². The summed E-state index contributed by atoms with van der Waals surface area (Å²) in [6.45, 7) is 4.76. The summed E-state index contributed by atoms with van der Waals surface area (Å²) in [4.78, 5) is 15.1. The molecule has 0 N–H and O–H groups in total. The lowest BCUT2D eigenvalue weighted by Crippen LogP contribution is -2.41. The molecule has 9 heteroatoms. The van der Waals surface area contributed by atoms with Crippen molar-refractivity contribution in [1.82, 2.24) is 9.29 Å². The average Bonchev–Trinajstić information content (AvgIpc) is 2.38. The predicted molar refractivity (Wildman–Crippen MR) is 79.9 cm³/mol. The molecule has 1 aromatic rings. The molecule has 6 nitrogen and oxygen atoms in total. The highest BCUT2D eigenvalue weighted by Gasteiger charge is 2.30. The summed E-state index contributed by atoms with van der Waals surface area (Å²) in [6, 6.07) is 0.765. The topological polar surface area (TPSA) is 76.6 Å². The summed E-state index contributed by atoms with van der Waals surface area (Å²) >= 11 is 11.5. The average molecular weight is 355 g/mol. The van der Waals surface area contributed by atoms with E-state index in [-0.39, 0.29) is 28.2 Å². The Balaban J connectivity index is 3.15. The zero-order valence-electron chi connectivity index (χ0n) is 11.8. The van der Waals surface area contributed by atoms with E-state index in [0.29, 0.717) is 0 Å². The predicted octanol–water partition coefficient (Wildman–Crippen LogP) is 2.35. The number of pyridine rings is 1. The number of carbonyl (C=O) groups is 1. The van der Waals surface area contributed by atoms with Crippen molar-refractivity contribution in [3.63, 3.8) is 0 Å². The Morgan fingerprint density at radius 1 is 1.43 bits per heavy atom. The van der Waals surface area contributed by atoms with E-state index in [1.165, 1.54) is 6.07 Å². The third-order valence-electron chi connectivity index (χ3n) is 2.54. The van der Waals surface area contributed by atoms with Gasteiger partial charge in [-0.3, -0.25) is 4.79 Å². The molecular weight excluding hydrogens is 339 g/mol. The van der Waals surface area contributed by atoms with E-state index < -0.39 is 22.0 Å². The Morgan fingerprint density at radius 3 is 2.52 bits per heavy atom. The lowest BCUT2D eigenvalue weighted by molar-refractivity contribution is -0.143. The lowest BCUT2D eigenvalue weighted by Gasteiger charge is -2.24. The van der Waals surface area contributed by atoms with Crippen LogP contribution in [0.25, 0.3) is 0 Å². The number of esters is 1. The molecule has 0 saturated heterocycles. The van der Waals surface area contributed by atoms with Crippen molar-refractivity contribution in [3.05, 3.63) is 22.4 Å². The van der Waals surface area contributed by atoms with Crippen molar-refractivity contribution in [2.45, 2.75) is 31.7 Å². The molecular formula is C12H16Cl2N2O4S. The fourth-order valence-corrected chi connectivity index (χ4v) is 3.45. The van der Waals surface area contributed by atoms with Gasteiger partial charge in [-0.15, -0.1) is 0 Å². The first-order valence-electron chi connectivity index (χ1n) is 6.18. The van der Waals surface area contributed by atoms with E-state index in [9.17, 15) is 13.2 Å². The van der Waals surface area contributed by atoms with Crippen LogP contribution in [0.2, 0.25) is 10.2 Å². The maximum atomic E-state index is 12.6. The fraction of sp³-hybridized carbons (Fsp3) is 0.500. The molecule has 118 valence electrons. The number of hydrogen-bond donors (Lipinski definition) is 0.